The summed E-state index contributed by atoms with van der Waals surface area (Å²) in [7, 11) is 0. The third kappa shape index (κ3) is 6.26. The normalized spacial score (nSPS) is 19.3. The summed E-state index contributed by atoms with van der Waals surface area (Å²) in [5, 5.41) is 4.23. The van der Waals surface area contributed by atoms with Gasteiger partial charge in [0.1, 0.15) is 11.4 Å². The maximum atomic E-state index is 12.9. The van der Waals surface area contributed by atoms with Crippen LogP contribution in [0.25, 0.3) is 10.9 Å². The summed E-state index contributed by atoms with van der Waals surface area (Å²) in [6.07, 6.45) is 7.54. The molecule has 2 N–H and O–H groups in total. The van der Waals surface area contributed by atoms with Crippen LogP contribution in [0.2, 0.25) is 0 Å². The number of piperidine rings is 1. The van der Waals surface area contributed by atoms with Crippen LogP contribution in [0.4, 0.5) is 0 Å². The zero-order valence-corrected chi connectivity index (χ0v) is 19.9. The van der Waals surface area contributed by atoms with Gasteiger partial charge in [0, 0.05) is 43.1 Å². The number of nitrogens with zero attached hydrogens (tertiary/aromatic N) is 2. The second-order valence-electron chi connectivity index (χ2n) is 9.95. The van der Waals surface area contributed by atoms with Gasteiger partial charge in [-0.3, -0.25) is 4.79 Å². The SMILES string of the molecule is CC(C)COc1cccc2[nH]c(C(=O)NC3CCN(CCN4CCCCCC4)CC3)cc12. The number of benzene rings is 1. The molecule has 1 amide bonds. The number of likely N-dealkylation sites (tertiary alicyclic amines) is 2. The van der Waals surface area contributed by atoms with E-state index < -0.39 is 0 Å². The minimum atomic E-state index is -0.0148. The first-order valence-corrected chi connectivity index (χ1v) is 12.6. The van der Waals surface area contributed by atoms with Crippen molar-refractivity contribution in [1.29, 1.82) is 0 Å². The molecule has 0 atom stereocenters. The Labute approximate surface area is 192 Å². The Balaban J connectivity index is 1.25. The first kappa shape index (κ1) is 23.1. The summed E-state index contributed by atoms with van der Waals surface area (Å²) in [5.41, 5.74) is 1.56. The standard InChI is InChI=1S/C26H40N4O2/c1-20(2)19-32-25-9-7-8-23-22(25)18-24(28-23)26(31)27-21-10-14-30(15-11-21)17-16-29-12-5-3-4-6-13-29/h7-9,18,20-21,28H,3-6,10-17,19H2,1-2H3,(H,27,31). The van der Waals surface area contributed by atoms with Gasteiger partial charge in [-0.15, -0.1) is 0 Å². The molecule has 3 heterocycles. The average Bonchev–Trinajstić information content (AvgIpc) is 3.07. The molecule has 6 heteroatoms. The molecular formula is C26H40N4O2. The average molecular weight is 441 g/mol. The Morgan fingerprint density at radius 3 is 2.44 bits per heavy atom. The number of nitrogens with one attached hydrogen (secondary N) is 2. The van der Waals surface area contributed by atoms with Gasteiger partial charge in [-0.2, -0.15) is 0 Å². The minimum absolute atomic E-state index is 0.0148. The van der Waals surface area contributed by atoms with Crippen LogP contribution in [0.5, 0.6) is 5.75 Å². The van der Waals surface area contributed by atoms with Crippen LogP contribution in [0.1, 0.15) is 62.9 Å². The van der Waals surface area contributed by atoms with Crippen molar-refractivity contribution in [2.24, 2.45) is 5.92 Å². The molecule has 2 aliphatic rings. The van der Waals surface area contributed by atoms with Crippen LogP contribution in [0, 0.1) is 5.92 Å². The number of H-pyrrole nitrogens is 1. The highest BCUT2D eigenvalue weighted by molar-refractivity contribution is 5.99. The summed E-state index contributed by atoms with van der Waals surface area (Å²) >= 11 is 0. The van der Waals surface area contributed by atoms with Gasteiger partial charge < -0.3 is 24.8 Å². The number of fused-ring (bicyclic) bond motifs is 1. The molecule has 4 rings (SSSR count). The highest BCUT2D eigenvalue weighted by atomic mass is 16.5. The number of hydrogen-bond acceptors (Lipinski definition) is 4. The molecule has 0 spiro atoms. The monoisotopic (exact) mass is 440 g/mol. The number of aromatic amines is 1. The van der Waals surface area contributed by atoms with E-state index in [4.69, 9.17) is 4.74 Å². The fourth-order valence-electron chi connectivity index (χ4n) is 4.84. The van der Waals surface area contributed by atoms with Crippen LogP contribution < -0.4 is 10.1 Å². The van der Waals surface area contributed by atoms with E-state index in [0.29, 0.717) is 18.2 Å². The van der Waals surface area contributed by atoms with Crippen LogP contribution in [-0.4, -0.2) is 72.6 Å². The number of amides is 1. The van der Waals surface area contributed by atoms with Crippen molar-refractivity contribution < 1.29 is 9.53 Å². The van der Waals surface area contributed by atoms with Crippen molar-refractivity contribution in [1.82, 2.24) is 20.1 Å². The Morgan fingerprint density at radius 2 is 1.75 bits per heavy atom. The highest BCUT2D eigenvalue weighted by Crippen LogP contribution is 2.27. The van der Waals surface area contributed by atoms with Crippen molar-refractivity contribution in [2.75, 3.05) is 45.9 Å². The van der Waals surface area contributed by atoms with E-state index in [-0.39, 0.29) is 11.9 Å². The van der Waals surface area contributed by atoms with Gasteiger partial charge in [-0.25, -0.2) is 0 Å². The number of carbonyl (C=O) groups excluding carboxylic acids is 1. The lowest BCUT2D eigenvalue weighted by Gasteiger charge is -2.33. The number of carbonyl (C=O) groups is 1. The van der Waals surface area contributed by atoms with E-state index in [9.17, 15) is 4.79 Å². The molecule has 32 heavy (non-hydrogen) atoms. The zero-order valence-electron chi connectivity index (χ0n) is 19.9. The first-order valence-electron chi connectivity index (χ1n) is 12.6. The molecule has 176 valence electrons. The van der Waals surface area contributed by atoms with Gasteiger partial charge in [-0.1, -0.05) is 32.8 Å². The van der Waals surface area contributed by atoms with Gasteiger partial charge in [0.05, 0.1) is 6.61 Å². The molecular weight excluding hydrogens is 400 g/mol. The van der Waals surface area contributed by atoms with E-state index in [0.717, 1.165) is 49.1 Å². The van der Waals surface area contributed by atoms with Crippen LogP contribution in [-0.2, 0) is 0 Å². The molecule has 0 radical (unpaired) electrons. The fourth-order valence-corrected chi connectivity index (χ4v) is 4.84. The Morgan fingerprint density at radius 1 is 1.06 bits per heavy atom. The minimum Gasteiger partial charge on any atom is -0.493 e. The van der Waals surface area contributed by atoms with Crippen LogP contribution in [0.15, 0.2) is 24.3 Å². The van der Waals surface area contributed by atoms with Crippen molar-refractivity contribution in [2.45, 2.75) is 58.4 Å². The van der Waals surface area contributed by atoms with E-state index >= 15 is 0 Å². The maximum absolute atomic E-state index is 12.9. The molecule has 0 aliphatic carbocycles. The van der Waals surface area contributed by atoms with Crippen molar-refractivity contribution in [3.8, 4) is 5.75 Å². The topological polar surface area (TPSA) is 60.6 Å². The highest BCUT2D eigenvalue weighted by Gasteiger charge is 2.22. The molecule has 2 aromatic rings. The molecule has 2 aliphatic heterocycles. The fraction of sp³-hybridized carbons (Fsp3) is 0.654. The first-order chi connectivity index (χ1) is 15.6. The molecule has 0 unspecified atom stereocenters. The smallest absolute Gasteiger partial charge is 0.267 e. The van der Waals surface area contributed by atoms with E-state index in [1.807, 2.05) is 24.3 Å². The van der Waals surface area contributed by atoms with Gasteiger partial charge in [0.25, 0.3) is 5.91 Å². The zero-order chi connectivity index (χ0) is 22.3. The van der Waals surface area contributed by atoms with Crippen molar-refractivity contribution in [3.63, 3.8) is 0 Å². The van der Waals surface area contributed by atoms with Crippen molar-refractivity contribution >= 4 is 16.8 Å². The number of rotatable bonds is 8. The Bertz CT molecular complexity index is 862. The lowest BCUT2D eigenvalue weighted by molar-refractivity contribution is 0.0902. The number of ether oxygens (including phenoxy) is 1. The summed E-state index contributed by atoms with van der Waals surface area (Å²) in [6.45, 7) is 11.9. The van der Waals surface area contributed by atoms with Gasteiger partial charge >= 0.3 is 0 Å². The number of hydrogen-bond donors (Lipinski definition) is 2. The van der Waals surface area contributed by atoms with Crippen molar-refractivity contribution in [3.05, 3.63) is 30.0 Å². The summed E-state index contributed by atoms with van der Waals surface area (Å²) in [6, 6.07) is 8.12. The summed E-state index contributed by atoms with van der Waals surface area (Å²) in [5.74, 6) is 1.28. The molecule has 1 aromatic carbocycles. The Kier molecular flexibility index (Phi) is 8.09. The second-order valence-corrected chi connectivity index (χ2v) is 9.95. The van der Waals surface area contributed by atoms with Gasteiger partial charge in [-0.05, 0) is 62.9 Å². The third-order valence-corrected chi connectivity index (χ3v) is 6.79. The molecule has 0 saturated carbocycles. The molecule has 2 saturated heterocycles. The molecule has 0 bridgehead atoms. The Hall–Kier alpha value is -2.05. The lowest BCUT2D eigenvalue weighted by Crippen LogP contribution is -2.46. The van der Waals surface area contributed by atoms with Crippen LogP contribution >= 0.6 is 0 Å². The molecule has 1 aromatic heterocycles. The maximum Gasteiger partial charge on any atom is 0.267 e. The summed E-state index contributed by atoms with van der Waals surface area (Å²) < 4.78 is 5.95. The molecule has 6 nitrogen and oxygen atoms in total. The predicted octanol–water partition coefficient (Wildman–Crippen LogP) is 4.27. The summed E-state index contributed by atoms with van der Waals surface area (Å²) in [4.78, 5) is 21.4. The quantitative estimate of drug-likeness (QED) is 0.643. The van der Waals surface area contributed by atoms with Gasteiger partial charge in [0.2, 0.25) is 0 Å². The molecule has 2 fully saturated rings. The van der Waals surface area contributed by atoms with Gasteiger partial charge in [0.15, 0.2) is 0 Å². The van der Waals surface area contributed by atoms with E-state index in [1.54, 1.807) is 0 Å². The third-order valence-electron chi connectivity index (χ3n) is 6.79. The largest absolute Gasteiger partial charge is 0.493 e. The predicted molar refractivity (Wildman–Crippen MR) is 130 cm³/mol. The van der Waals surface area contributed by atoms with E-state index in [1.165, 1.54) is 45.3 Å². The number of aromatic nitrogens is 1. The van der Waals surface area contributed by atoms with Crippen LogP contribution in [0.3, 0.4) is 0 Å². The van der Waals surface area contributed by atoms with E-state index in [2.05, 4.69) is 33.9 Å². The lowest BCUT2D eigenvalue weighted by atomic mass is 10.0. The second kappa shape index (κ2) is 11.2.